The van der Waals surface area contributed by atoms with E-state index in [0.717, 1.165) is 24.3 Å². The number of carbonyl (C=O) groups is 1. The van der Waals surface area contributed by atoms with Crippen molar-refractivity contribution in [2.45, 2.75) is 19.0 Å². The fourth-order valence-corrected chi connectivity index (χ4v) is 3.21. The number of benzene rings is 2. The van der Waals surface area contributed by atoms with Gasteiger partial charge in [-0.3, -0.25) is 0 Å². The van der Waals surface area contributed by atoms with Crippen molar-refractivity contribution in [1.29, 1.82) is 0 Å². The maximum absolute atomic E-state index is 14.2. The molecule has 0 radical (unpaired) electrons. The Morgan fingerprint density at radius 1 is 1.21 bits per heavy atom. The zero-order valence-corrected chi connectivity index (χ0v) is 16.6. The van der Waals surface area contributed by atoms with E-state index in [1.54, 1.807) is 6.92 Å². The molecule has 2 aromatic carbocycles. The summed E-state index contributed by atoms with van der Waals surface area (Å²) in [6.07, 6.45) is -3.05. The molecule has 2 rings (SSSR count). The van der Waals surface area contributed by atoms with Gasteiger partial charge in [0.25, 0.3) is 0 Å². The van der Waals surface area contributed by atoms with E-state index in [2.05, 4.69) is 0 Å². The Hall–Kier alpha value is -1.76. The van der Waals surface area contributed by atoms with Gasteiger partial charge in [-0.2, -0.15) is 13.2 Å². The quantitative estimate of drug-likeness (QED) is 0.268. The number of hydrogen-bond acceptors (Lipinski definition) is 2. The van der Waals surface area contributed by atoms with Crippen molar-refractivity contribution in [3.8, 4) is 0 Å². The molecule has 2 aromatic rings. The van der Waals surface area contributed by atoms with Crippen LogP contribution in [-0.4, -0.2) is 18.8 Å². The van der Waals surface area contributed by atoms with Crippen molar-refractivity contribution in [1.82, 2.24) is 0 Å². The number of rotatable bonds is 5. The van der Waals surface area contributed by atoms with Gasteiger partial charge in [0.05, 0.1) is 22.2 Å². The summed E-state index contributed by atoms with van der Waals surface area (Å²) in [7, 11) is 0. The van der Waals surface area contributed by atoms with Gasteiger partial charge < -0.3 is 4.74 Å². The lowest BCUT2D eigenvalue weighted by atomic mass is 9.96. The van der Waals surface area contributed by atoms with E-state index < -0.39 is 34.5 Å². The van der Waals surface area contributed by atoms with Gasteiger partial charge >= 0.3 is 12.1 Å². The average Bonchev–Trinajstić information content (AvgIpc) is 2.59. The highest BCUT2D eigenvalue weighted by Gasteiger charge is 2.41. The predicted molar refractivity (Wildman–Crippen MR) is 102 cm³/mol. The first-order chi connectivity index (χ1) is 13.1. The minimum Gasteiger partial charge on any atom is -0.462 e. The summed E-state index contributed by atoms with van der Waals surface area (Å²) >= 11 is 17.5. The number of halogens is 7. The summed E-state index contributed by atoms with van der Waals surface area (Å²) < 4.78 is 59.7. The van der Waals surface area contributed by atoms with Gasteiger partial charge in [0, 0.05) is 10.6 Å². The first-order valence-corrected chi connectivity index (χ1v) is 9.04. The van der Waals surface area contributed by atoms with Gasteiger partial charge in [-0.05, 0) is 30.7 Å². The smallest absolute Gasteiger partial charge is 0.399 e. The molecule has 28 heavy (non-hydrogen) atoms. The van der Waals surface area contributed by atoms with Crippen molar-refractivity contribution in [3.63, 3.8) is 0 Å². The number of esters is 1. The molecule has 0 aromatic heterocycles. The summed E-state index contributed by atoms with van der Waals surface area (Å²) in [6, 6.07) is 6.11. The second-order valence-corrected chi connectivity index (χ2v) is 6.82. The monoisotopic (exact) mass is 454 g/mol. The first-order valence-electron chi connectivity index (χ1n) is 7.91. The third-order valence-corrected chi connectivity index (χ3v) is 4.62. The fraction of sp³-hybridized carbons (Fsp3) is 0.211. The molecule has 2 nitrogen and oxygen atoms in total. The van der Waals surface area contributed by atoms with Gasteiger partial charge in [0.15, 0.2) is 0 Å². The van der Waals surface area contributed by atoms with Crippen LogP contribution in [0.3, 0.4) is 0 Å². The molecule has 0 amide bonds. The third kappa shape index (κ3) is 5.19. The Morgan fingerprint density at radius 2 is 1.89 bits per heavy atom. The normalized spacial score (nSPS) is 13.0. The Balaban J connectivity index is 2.49. The van der Waals surface area contributed by atoms with Crippen LogP contribution in [-0.2, 0) is 4.74 Å². The fourth-order valence-electron chi connectivity index (χ4n) is 2.44. The van der Waals surface area contributed by atoms with Crippen LogP contribution in [0, 0.1) is 5.82 Å². The average molecular weight is 456 g/mol. The topological polar surface area (TPSA) is 26.3 Å². The molecule has 150 valence electrons. The minimum absolute atomic E-state index is 0.00575. The molecule has 0 saturated heterocycles. The van der Waals surface area contributed by atoms with E-state index in [0.29, 0.717) is 0 Å². The van der Waals surface area contributed by atoms with Gasteiger partial charge in [-0.1, -0.05) is 59.1 Å². The molecule has 0 bridgehead atoms. The van der Waals surface area contributed by atoms with Crippen molar-refractivity contribution in [2.75, 3.05) is 6.61 Å². The first kappa shape index (κ1) is 22.5. The number of allylic oxidation sites excluding steroid dienone is 1. The van der Waals surface area contributed by atoms with Crippen LogP contribution in [0.4, 0.5) is 17.6 Å². The summed E-state index contributed by atoms with van der Waals surface area (Å²) in [4.78, 5) is 11.9. The molecule has 0 N–H and O–H groups in total. The molecule has 0 spiro atoms. The molecule has 9 heteroatoms. The number of hydrogen-bond donors (Lipinski definition) is 0. The van der Waals surface area contributed by atoms with Gasteiger partial charge in [-0.15, -0.1) is 0 Å². The van der Waals surface area contributed by atoms with Crippen molar-refractivity contribution in [2.24, 2.45) is 0 Å². The zero-order valence-electron chi connectivity index (χ0n) is 14.3. The van der Waals surface area contributed by atoms with Gasteiger partial charge in [0.1, 0.15) is 11.7 Å². The van der Waals surface area contributed by atoms with Crippen molar-refractivity contribution in [3.05, 3.63) is 74.0 Å². The van der Waals surface area contributed by atoms with E-state index in [4.69, 9.17) is 39.5 Å². The Morgan fingerprint density at radius 3 is 2.50 bits per heavy atom. The van der Waals surface area contributed by atoms with Crippen LogP contribution in [0.25, 0.3) is 6.08 Å². The minimum atomic E-state index is -4.82. The van der Waals surface area contributed by atoms with E-state index >= 15 is 0 Å². The maximum atomic E-state index is 14.2. The molecule has 0 fully saturated rings. The second-order valence-electron chi connectivity index (χ2n) is 5.60. The lowest BCUT2D eigenvalue weighted by Crippen LogP contribution is -2.20. The third-order valence-electron chi connectivity index (χ3n) is 3.70. The number of carbonyl (C=O) groups excluding carboxylic acids is 1. The zero-order chi connectivity index (χ0) is 21.1. The summed E-state index contributed by atoms with van der Waals surface area (Å²) in [5.74, 6) is -4.25. The van der Waals surface area contributed by atoms with E-state index in [-0.39, 0.29) is 27.8 Å². The van der Waals surface area contributed by atoms with Gasteiger partial charge in [0.2, 0.25) is 0 Å². The predicted octanol–water partition coefficient (Wildman–Crippen LogP) is 7.32. The lowest BCUT2D eigenvalue weighted by Gasteiger charge is -2.19. The SMILES string of the molecule is CCOC(=O)c1cccc(/C=C/C(c2cc(Cl)cc(Cl)c2F)C(F)(F)F)c1Cl. The molecule has 0 aliphatic rings. The largest absolute Gasteiger partial charge is 0.462 e. The second kappa shape index (κ2) is 9.16. The van der Waals surface area contributed by atoms with Crippen LogP contribution in [0.1, 0.15) is 34.3 Å². The molecule has 0 heterocycles. The molecule has 0 saturated carbocycles. The van der Waals surface area contributed by atoms with Crippen molar-refractivity contribution >= 4 is 46.8 Å². The summed E-state index contributed by atoms with van der Waals surface area (Å²) in [5, 5.41) is -0.735. The molecular weight excluding hydrogens is 443 g/mol. The number of ether oxygens (including phenoxy) is 1. The Labute approximate surface area is 173 Å². The van der Waals surface area contributed by atoms with E-state index in [9.17, 15) is 22.4 Å². The summed E-state index contributed by atoms with van der Waals surface area (Å²) in [5.41, 5.74) is -0.583. The molecule has 0 aliphatic carbocycles. The molecule has 0 aliphatic heterocycles. The maximum Gasteiger partial charge on any atom is 0.399 e. The summed E-state index contributed by atoms with van der Waals surface area (Å²) in [6.45, 7) is 1.72. The van der Waals surface area contributed by atoms with E-state index in [1.807, 2.05) is 0 Å². The van der Waals surface area contributed by atoms with Gasteiger partial charge in [-0.25, -0.2) is 9.18 Å². The molecule has 1 unspecified atom stereocenters. The lowest BCUT2D eigenvalue weighted by molar-refractivity contribution is -0.139. The Bertz CT molecular complexity index is 911. The van der Waals surface area contributed by atoms with Crippen LogP contribution in [0.5, 0.6) is 0 Å². The van der Waals surface area contributed by atoms with Crippen LogP contribution in [0.15, 0.2) is 36.4 Å². The van der Waals surface area contributed by atoms with E-state index in [1.165, 1.54) is 18.2 Å². The molecule has 1 atom stereocenters. The van der Waals surface area contributed by atoms with Crippen LogP contribution >= 0.6 is 34.8 Å². The highest BCUT2D eigenvalue weighted by Crippen LogP contribution is 2.40. The standard InChI is InChI=1S/C19H13Cl3F4O2/c1-2-28-18(27)12-5-3-4-10(16(12)22)6-7-14(19(24,25)26)13-8-11(20)9-15(21)17(13)23/h3-9,14H,2H2,1H3/b7-6+. The highest BCUT2D eigenvalue weighted by molar-refractivity contribution is 6.35. The molecular formula is C19H13Cl3F4O2. The van der Waals surface area contributed by atoms with Crippen LogP contribution < -0.4 is 0 Å². The van der Waals surface area contributed by atoms with Crippen LogP contribution in [0.2, 0.25) is 15.1 Å². The highest BCUT2D eigenvalue weighted by atomic mass is 35.5. The van der Waals surface area contributed by atoms with Crippen molar-refractivity contribution < 1.29 is 27.1 Å². The Kier molecular flexibility index (Phi) is 7.37. The number of alkyl halides is 3.